The fraction of sp³-hybridized carbons (Fsp3) is 0.950. The van der Waals surface area contributed by atoms with Gasteiger partial charge in [-0.1, -0.05) is 12.8 Å². The molecule has 0 radical (unpaired) electrons. The maximum Gasteiger partial charge on any atom is 0.191 e. The van der Waals surface area contributed by atoms with Crippen LogP contribution in [0.5, 0.6) is 0 Å². The van der Waals surface area contributed by atoms with Gasteiger partial charge in [-0.3, -0.25) is 4.99 Å². The summed E-state index contributed by atoms with van der Waals surface area (Å²) in [6.45, 7) is 5.46. The van der Waals surface area contributed by atoms with E-state index >= 15 is 0 Å². The zero-order valence-corrected chi connectivity index (χ0v) is 16.1. The zero-order valence-electron chi connectivity index (χ0n) is 16.1. The molecule has 4 rings (SSSR count). The van der Waals surface area contributed by atoms with Gasteiger partial charge in [0.05, 0.1) is 6.10 Å². The van der Waals surface area contributed by atoms with E-state index in [1.165, 1.54) is 64.5 Å². The summed E-state index contributed by atoms with van der Waals surface area (Å²) in [5.74, 6) is 1.01. The van der Waals surface area contributed by atoms with E-state index in [-0.39, 0.29) is 0 Å². The van der Waals surface area contributed by atoms with Crippen molar-refractivity contribution in [3.63, 3.8) is 0 Å². The van der Waals surface area contributed by atoms with E-state index in [0.29, 0.717) is 23.6 Å². The van der Waals surface area contributed by atoms with Gasteiger partial charge in [-0.2, -0.15) is 0 Å². The van der Waals surface area contributed by atoms with Gasteiger partial charge in [0, 0.05) is 50.3 Å². The van der Waals surface area contributed by atoms with Crippen LogP contribution in [0.4, 0.5) is 0 Å². The average Bonchev–Trinajstić information content (AvgIpc) is 3.35. The molecule has 1 saturated heterocycles. The van der Waals surface area contributed by atoms with Crippen LogP contribution in [0.1, 0.15) is 64.7 Å². The summed E-state index contributed by atoms with van der Waals surface area (Å²) in [5.41, 5.74) is 0.364. The van der Waals surface area contributed by atoms with Gasteiger partial charge in [-0.25, -0.2) is 0 Å². The first kappa shape index (κ1) is 17.6. The van der Waals surface area contributed by atoms with E-state index in [2.05, 4.69) is 27.4 Å². The number of hydrogen-bond donors (Lipinski definition) is 2. The molecule has 3 aliphatic carbocycles. The van der Waals surface area contributed by atoms with Gasteiger partial charge in [0.1, 0.15) is 0 Å². The average molecular weight is 349 g/mol. The maximum atomic E-state index is 6.05. The summed E-state index contributed by atoms with van der Waals surface area (Å²) in [5, 5.41) is 7.47. The second-order valence-electron chi connectivity index (χ2n) is 8.57. The lowest BCUT2D eigenvalue weighted by Gasteiger charge is -2.54. The van der Waals surface area contributed by atoms with Crippen molar-refractivity contribution < 1.29 is 4.74 Å². The fourth-order valence-electron chi connectivity index (χ4n) is 5.47. The van der Waals surface area contributed by atoms with E-state index in [4.69, 9.17) is 4.74 Å². The minimum atomic E-state index is 0.364. The van der Waals surface area contributed by atoms with Crippen LogP contribution in [0, 0.1) is 5.41 Å². The molecule has 142 valence electrons. The highest BCUT2D eigenvalue weighted by Gasteiger charge is 2.57. The van der Waals surface area contributed by atoms with Crippen molar-refractivity contribution >= 4 is 5.96 Å². The number of piperidine rings is 1. The third-order valence-corrected chi connectivity index (χ3v) is 7.16. The summed E-state index contributed by atoms with van der Waals surface area (Å²) >= 11 is 0. The van der Waals surface area contributed by atoms with Crippen molar-refractivity contribution in [1.29, 1.82) is 0 Å². The number of aliphatic imine (C=N–C) groups is 1. The summed E-state index contributed by atoms with van der Waals surface area (Å²) < 4.78 is 6.05. The molecule has 4 aliphatic rings. The Morgan fingerprint density at radius 1 is 1.12 bits per heavy atom. The maximum absolute atomic E-state index is 6.05. The molecule has 4 fully saturated rings. The third-order valence-electron chi connectivity index (χ3n) is 7.16. The normalized spacial score (nSPS) is 33.4. The molecule has 2 N–H and O–H groups in total. The van der Waals surface area contributed by atoms with Crippen LogP contribution in [0.2, 0.25) is 0 Å². The number of nitrogens with zero attached hydrogens (tertiary/aromatic N) is 2. The van der Waals surface area contributed by atoms with E-state index < -0.39 is 0 Å². The lowest BCUT2D eigenvalue weighted by atomic mass is 9.60. The second-order valence-corrected chi connectivity index (χ2v) is 8.57. The number of nitrogens with one attached hydrogen (secondary N) is 2. The van der Waals surface area contributed by atoms with Gasteiger partial charge < -0.3 is 20.3 Å². The van der Waals surface area contributed by atoms with Gasteiger partial charge in [0.2, 0.25) is 0 Å². The molecule has 3 saturated carbocycles. The molecule has 5 heteroatoms. The molecule has 0 aromatic heterocycles. The van der Waals surface area contributed by atoms with Crippen LogP contribution in [0.25, 0.3) is 0 Å². The van der Waals surface area contributed by atoms with E-state index in [1.807, 2.05) is 7.05 Å². The van der Waals surface area contributed by atoms with Crippen molar-refractivity contribution in [3.8, 4) is 0 Å². The van der Waals surface area contributed by atoms with Crippen LogP contribution in [0.15, 0.2) is 4.99 Å². The lowest BCUT2D eigenvalue weighted by molar-refractivity contribution is -0.125. The molecule has 0 bridgehead atoms. The number of hydrogen-bond acceptors (Lipinski definition) is 3. The first-order valence-corrected chi connectivity index (χ1v) is 10.6. The Balaban J connectivity index is 1.29. The van der Waals surface area contributed by atoms with Crippen molar-refractivity contribution in [2.24, 2.45) is 10.4 Å². The third kappa shape index (κ3) is 3.55. The number of guanidine groups is 1. The van der Waals surface area contributed by atoms with Crippen molar-refractivity contribution in [3.05, 3.63) is 0 Å². The second kappa shape index (κ2) is 7.43. The first-order chi connectivity index (χ1) is 12.2. The predicted molar refractivity (Wildman–Crippen MR) is 102 cm³/mol. The molecule has 2 atom stereocenters. The molecule has 5 nitrogen and oxygen atoms in total. The molecule has 0 aromatic rings. The Kier molecular flexibility index (Phi) is 5.23. The zero-order chi connectivity index (χ0) is 17.3. The molecule has 0 amide bonds. The van der Waals surface area contributed by atoms with Crippen LogP contribution >= 0.6 is 0 Å². The smallest absolute Gasteiger partial charge is 0.191 e. The minimum Gasteiger partial charge on any atom is -0.378 e. The van der Waals surface area contributed by atoms with Gasteiger partial charge in [-0.05, 0) is 51.9 Å². The number of likely N-dealkylation sites (tertiary alicyclic amines) is 1. The predicted octanol–water partition coefficient (Wildman–Crippen LogP) is 2.52. The Labute approximate surface area is 153 Å². The summed E-state index contributed by atoms with van der Waals surface area (Å²) in [4.78, 5) is 7.22. The Bertz CT molecular complexity index is 476. The number of ether oxygens (including phenoxy) is 1. The molecular weight excluding hydrogens is 312 g/mol. The monoisotopic (exact) mass is 348 g/mol. The standard InChI is InChI=1S/C20H36N4O/c1-3-25-18-14-17(20(18)10-4-5-11-20)23-19(21-2)22-15-8-12-24(13-9-15)16-6-7-16/h15-18H,3-14H2,1-2H3,(H2,21,22,23). The Morgan fingerprint density at radius 2 is 1.84 bits per heavy atom. The molecule has 1 aliphatic heterocycles. The molecular formula is C20H36N4O. The largest absolute Gasteiger partial charge is 0.378 e. The highest BCUT2D eigenvalue weighted by Crippen LogP contribution is 2.54. The molecule has 2 unspecified atom stereocenters. The van der Waals surface area contributed by atoms with Crippen molar-refractivity contribution in [2.45, 2.75) is 88.9 Å². The quantitative estimate of drug-likeness (QED) is 0.592. The van der Waals surface area contributed by atoms with Gasteiger partial charge in [0.15, 0.2) is 5.96 Å². The van der Waals surface area contributed by atoms with Crippen LogP contribution in [-0.4, -0.2) is 61.8 Å². The lowest BCUT2D eigenvalue weighted by Crippen LogP contribution is -2.65. The summed E-state index contributed by atoms with van der Waals surface area (Å²) in [6, 6.07) is 2.01. The van der Waals surface area contributed by atoms with Crippen LogP contribution < -0.4 is 10.6 Å². The van der Waals surface area contributed by atoms with E-state index in [9.17, 15) is 0 Å². The molecule has 1 spiro atoms. The van der Waals surface area contributed by atoms with E-state index in [0.717, 1.165) is 25.0 Å². The molecule has 1 heterocycles. The van der Waals surface area contributed by atoms with Crippen molar-refractivity contribution in [2.75, 3.05) is 26.7 Å². The Morgan fingerprint density at radius 3 is 2.44 bits per heavy atom. The Hall–Kier alpha value is -0.810. The highest BCUT2D eigenvalue weighted by molar-refractivity contribution is 5.80. The van der Waals surface area contributed by atoms with Gasteiger partial charge >= 0.3 is 0 Å². The van der Waals surface area contributed by atoms with Crippen LogP contribution in [-0.2, 0) is 4.74 Å². The summed E-state index contributed by atoms with van der Waals surface area (Å²) in [7, 11) is 1.91. The topological polar surface area (TPSA) is 48.9 Å². The van der Waals surface area contributed by atoms with Gasteiger partial charge in [0.25, 0.3) is 0 Å². The van der Waals surface area contributed by atoms with E-state index in [1.54, 1.807) is 0 Å². The molecule has 0 aromatic carbocycles. The first-order valence-electron chi connectivity index (χ1n) is 10.6. The van der Waals surface area contributed by atoms with Crippen molar-refractivity contribution in [1.82, 2.24) is 15.5 Å². The minimum absolute atomic E-state index is 0.364. The highest BCUT2D eigenvalue weighted by atomic mass is 16.5. The summed E-state index contributed by atoms with van der Waals surface area (Å²) in [6.07, 6.45) is 12.3. The fourth-order valence-corrected chi connectivity index (χ4v) is 5.47. The molecule has 25 heavy (non-hydrogen) atoms. The van der Waals surface area contributed by atoms with Gasteiger partial charge in [-0.15, -0.1) is 0 Å². The SMILES string of the molecule is CCOC1CC(NC(=NC)NC2CCN(C3CC3)CC2)C12CCCC2. The van der Waals surface area contributed by atoms with Crippen LogP contribution in [0.3, 0.4) is 0 Å². The number of rotatable bonds is 5.